The quantitative estimate of drug-likeness (QED) is 0.492. The van der Waals surface area contributed by atoms with Crippen molar-refractivity contribution in [1.29, 1.82) is 0 Å². The first-order chi connectivity index (χ1) is 13.6. The fourth-order valence-corrected chi connectivity index (χ4v) is 4.85. The number of benzene rings is 2. The van der Waals surface area contributed by atoms with E-state index >= 15 is 0 Å². The van der Waals surface area contributed by atoms with Gasteiger partial charge in [-0.25, -0.2) is 8.78 Å². The van der Waals surface area contributed by atoms with Crippen molar-refractivity contribution in [2.45, 2.75) is 63.2 Å². The fraction of sp³-hybridized carbons (Fsp3) is 0.480. The Morgan fingerprint density at radius 2 is 1.21 bits per heavy atom. The van der Waals surface area contributed by atoms with Crippen molar-refractivity contribution in [3.05, 3.63) is 71.3 Å². The third-order valence-electron chi connectivity index (χ3n) is 6.89. The number of hydrogen-bond acceptors (Lipinski definition) is 1. The van der Waals surface area contributed by atoms with Gasteiger partial charge < -0.3 is 0 Å². The monoisotopic (exact) mass is 382 g/mol. The summed E-state index contributed by atoms with van der Waals surface area (Å²) in [4.78, 5) is 13.1. The molecule has 0 amide bonds. The van der Waals surface area contributed by atoms with Crippen LogP contribution in [0.5, 0.6) is 0 Å². The van der Waals surface area contributed by atoms with Gasteiger partial charge in [-0.15, -0.1) is 0 Å². The van der Waals surface area contributed by atoms with Crippen LogP contribution >= 0.6 is 0 Å². The second-order valence-corrected chi connectivity index (χ2v) is 8.65. The highest BCUT2D eigenvalue weighted by molar-refractivity contribution is 5.80. The molecule has 0 spiro atoms. The van der Waals surface area contributed by atoms with Crippen LogP contribution in [0.25, 0.3) is 0 Å². The van der Waals surface area contributed by atoms with E-state index in [9.17, 15) is 13.6 Å². The van der Waals surface area contributed by atoms with Gasteiger partial charge in [-0.05, 0) is 84.7 Å². The van der Waals surface area contributed by atoms with Gasteiger partial charge in [0, 0.05) is 12.8 Å². The molecular formula is C25H28F2O. The fourth-order valence-electron chi connectivity index (χ4n) is 4.85. The first-order valence-corrected chi connectivity index (χ1v) is 10.6. The summed E-state index contributed by atoms with van der Waals surface area (Å²) < 4.78 is 27.5. The highest BCUT2D eigenvalue weighted by Crippen LogP contribution is 2.44. The topological polar surface area (TPSA) is 17.1 Å². The van der Waals surface area contributed by atoms with Gasteiger partial charge in [0.05, 0.1) is 0 Å². The second-order valence-electron chi connectivity index (χ2n) is 8.65. The first kappa shape index (κ1) is 19.3. The maximum atomic E-state index is 13.8. The molecule has 0 aromatic heterocycles. The zero-order chi connectivity index (χ0) is 19.5. The molecule has 2 aliphatic rings. The van der Waals surface area contributed by atoms with E-state index in [1.54, 1.807) is 24.3 Å². The summed E-state index contributed by atoms with van der Waals surface area (Å²) >= 11 is 0. The van der Waals surface area contributed by atoms with E-state index in [2.05, 4.69) is 0 Å². The highest BCUT2D eigenvalue weighted by atomic mass is 19.1. The van der Waals surface area contributed by atoms with E-state index in [1.807, 2.05) is 12.1 Å². The molecule has 0 N–H and O–H groups in total. The molecule has 4 rings (SSSR count). The molecule has 0 unspecified atom stereocenters. The van der Waals surface area contributed by atoms with E-state index in [1.165, 1.54) is 25.0 Å². The number of carbonyl (C=O) groups is 1. The average Bonchev–Trinajstić information content (AvgIpc) is 2.57. The summed E-state index contributed by atoms with van der Waals surface area (Å²) in [5, 5.41) is 0. The lowest BCUT2D eigenvalue weighted by Gasteiger charge is -2.36. The summed E-state index contributed by atoms with van der Waals surface area (Å²) in [7, 11) is 0. The molecule has 1 nitrogen and oxygen atoms in total. The Labute approximate surface area is 166 Å². The minimum atomic E-state index is -0.235. The van der Waals surface area contributed by atoms with Crippen LogP contribution in [-0.4, -0.2) is 5.78 Å². The van der Waals surface area contributed by atoms with Crippen LogP contribution in [0.4, 0.5) is 8.78 Å². The van der Waals surface area contributed by atoms with Gasteiger partial charge in [0.25, 0.3) is 0 Å². The van der Waals surface area contributed by atoms with Crippen LogP contribution in [0.2, 0.25) is 0 Å². The smallest absolute Gasteiger partial charge is 0.134 e. The zero-order valence-corrected chi connectivity index (χ0v) is 16.2. The molecule has 2 atom stereocenters. The molecule has 28 heavy (non-hydrogen) atoms. The Hall–Kier alpha value is -2.03. The van der Waals surface area contributed by atoms with E-state index in [0.29, 0.717) is 24.7 Å². The molecule has 2 saturated carbocycles. The molecule has 0 bridgehead atoms. The van der Waals surface area contributed by atoms with Crippen molar-refractivity contribution in [1.82, 2.24) is 0 Å². The molecule has 0 aliphatic heterocycles. The summed E-state index contributed by atoms with van der Waals surface area (Å²) in [5.74, 6) is 0.909. The van der Waals surface area contributed by atoms with Crippen molar-refractivity contribution >= 4 is 5.78 Å². The van der Waals surface area contributed by atoms with E-state index in [-0.39, 0.29) is 29.3 Å². The van der Waals surface area contributed by atoms with E-state index in [4.69, 9.17) is 0 Å². The van der Waals surface area contributed by atoms with Crippen LogP contribution in [-0.2, 0) is 4.79 Å². The Bertz CT molecular complexity index is 755. The van der Waals surface area contributed by atoms with Gasteiger partial charge in [0.15, 0.2) is 0 Å². The number of Topliss-reactive ketones (excluding diaryl/α,β-unsaturated/α-hetero) is 1. The number of halogens is 2. The van der Waals surface area contributed by atoms with Crippen LogP contribution in [0.1, 0.15) is 74.3 Å². The van der Waals surface area contributed by atoms with Gasteiger partial charge in [0.2, 0.25) is 0 Å². The van der Waals surface area contributed by atoms with Crippen LogP contribution in [0, 0.1) is 23.5 Å². The molecule has 0 heterocycles. The van der Waals surface area contributed by atoms with Gasteiger partial charge in [-0.3, -0.25) is 4.79 Å². The lowest BCUT2D eigenvalue weighted by atomic mass is 9.68. The molecule has 2 aromatic carbocycles. The Morgan fingerprint density at radius 3 is 1.54 bits per heavy atom. The Morgan fingerprint density at radius 1 is 0.786 bits per heavy atom. The van der Waals surface area contributed by atoms with E-state index in [0.717, 1.165) is 36.8 Å². The second kappa shape index (κ2) is 8.55. The molecule has 2 fully saturated rings. The van der Waals surface area contributed by atoms with Crippen LogP contribution in [0.3, 0.4) is 0 Å². The standard InChI is InChI=1S/C25H28F2O/c26-21-11-3-9-19(13-21)24(17-5-1-6-17)15-23(28)16-25(18-7-2-8-18)20-10-4-12-22(27)14-20/h3-4,9-14,17-18,24-25H,1-2,5-8,15-16H2/t24-,25-/m1/s1. The normalized spacial score (nSPS) is 19.5. The van der Waals surface area contributed by atoms with Gasteiger partial charge >= 0.3 is 0 Å². The Balaban J connectivity index is 1.50. The Kier molecular flexibility index (Phi) is 5.89. The zero-order valence-electron chi connectivity index (χ0n) is 16.2. The third kappa shape index (κ3) is 4.34. The van der Waals surface area contributed by atoms with Crippen molar-refractivity contribution in [2.24, 2.45) is 11.8 Å². The largest absolute Gasteiger partial charge is 0.300 e. The van der Waals surface area contributed by atoms with Crippen LogP contribution in [0.15, 0.2) is 48.5 Å². The van der Waals surface area contributed by atoms with Crippen molar-refractivity contribution in [3.8, 4) is 0 Å². The highest BCUT2D eigenvalue weighted by Gasteiger charge is 2.34. The van der Waals surface area contributed by atoms with Crippen molar-refractivity contribution in [2.75, 3.05) is 0 Å². The summed E-state index contributed by atoms with van der Waals surface area (Å²) in [5.41, 5.74) is 1.90. The first-order valence-electron chi connectivity index (χ1n) is 10.6. The number of rotatable bonds is 8. The molecule has 2 aromatic rings. The lowest BCUT2D eigenvalue weighted by molar-refractivity contribution is -0.120. The van der Waals surface area contributed by atoms with Crippen molar-refractivity contribution < 1.29 is 13.6 Å². The maximum Gasteiger partial charge on any atom is 0.134 e. The SMILES string of the molecule is O=C(C[C@@H](c1cccc(F)c1)C1CCC1)C[C@@H](c1cccc(F)c1)C1CCC1. The molecular weight excluding hydrogens is 354 g/mol. The van der Waals surface area contributed by atoms with Gasteiger partial charge in [-0.1, -0.05) is 37.1 Å². The molecule has 0 radical (unpaired) electrons. The molecule has 0 saturated heterocycles. The predicted octanol–water partition coefficient (Wildman–Crippen LogP) is 6.78. The predicted molar refractivity (Wildman–Crippen MR) is 107 cm³/mol. The minimum Gasteiger partial charge on any atom is -0.300 e. The number of hydrogen-bond donors (Lipinski definition) is 0. The number of ketones is 1. The van der Waals surface area contributed by atoms with Gasteiger partial charge in [0.1, 0.15) is 17.4 Å². The summed E-state index contributed by atoms with van der Waals surface area (Å²) in [6.07, 6.45) is 7.78. The molecule has 2 aliphatic carbocycles. The molecule has 148 valence electrons. The van der Waals surface area contributed by atoms with E-state index < -0.39 is 0 Å². The summed E-state index contributed by atoms with van der Waals surface area (Å²) in [6, 6.07) is 13.5. The van der Waals surface area contributed by atoms with Crippen molar-refractivity contribution in [3.63, 3.8) is 0 Å². The average molecular weight is 382 g/mol. The lowest BCUT2D eigenvalue weighted by Crippen LogP contribution is -2.26. The number of carbonyl (C=O) groups excluding carboxylic acids is 1. The summed E-state index contributed by atoms with van der Waals surface area (Å²) in [6.45, 7) is 0. The maximum absolute atomic E-state index is 13.8. The molecule has 3 heteroatoms. The minimum absolute atomic E-state index is 0.103. The third-order valence-corrected chi connectivity index (χ3v) is 6.89. The van der Waals surface area contributed by atoms with Crippen LogP contribution < -0.4 is 0 Å². The van der Waals surface area contributed by atoms with Gasteiger partial charge in [-0.2, -0.15) is 0 Å².